The summed E-state index contributed by atoms with van der Waals surface area (Å²) in [6.07, 6.45) is 9.77. The number of terminal acetylenes is 1. The predicted molar refractivity (Wildman–Crippen MR) is 54.6 cm³/mol. The quantitative estimate of drug-likeness (QED) is 0.267. The van der Waals surface area contributed by atoms with E-state index in [9.17, 15) is 0 Å². The molecule has 0 radical (unpaired) electrons. The van der Waals surface area contributed by atoms with E-state index >= 15 is 0 Å². The van der Waals surface area contributed by atoms with Crippen molar-refractivity contribution in [3.05, 3.63) is 23.3 Å². The molecule has 0 unspecified atom stereocenters. The number of hydrogen-bond acceptors (Lipinski definition) is 1. The fourth-order valence-corrected chi connectivity index (χ4v) is 0.992. The van der Waals surface area contributed by atoms with Crippen molar-refractivity contribution >= 4 is 17.6 Å². The molecule has 58 valence electrons. The molecule has 0 atom stereocenters. The molecule has 0 aliphatic carbocycles. The van der Waals surface area contributed by atoms with Crippen molar-refractivity contribution in [3.63, 3.8) is 0 Å². The van der Waals surface area contributed by atoms with Crippen LogP contribution in [0.4, 0.5) is 0 Å². The molecule has 0 amide bonds. The minimum Gasteiger partial charge on any atom is -0.115 e. The zero-order valence-corrected chi connectivity index (χ0v) is 7.74. The lowest BCUT2D eigenvalue weighted by atomic mass is 10.1. The van der Waals surface area contributed by atoms with Gasteiger partial charge >= 0.3 is 0 Å². The highest BCUT2D eigenvalue weighted by Gasteiger charge is 1.93. The fraction of sp³-hybridized carbons (Fsp3) is 0.300. The standard InChI is InChI=1S/C10H12S/c1-4-6-9(3)10(5-2)7-8-11/h1,6-8H,5H2,2-3H3/b9-6-,10-7-. The van der Waals surface area contributed by atoms with Gasteiger partial charge in [-0.25, -0.2) is 0 Å². The van der Waals surface area contributed by atoms with Gasteiger partial charge in [-0.05, 0) is 36.6 Å². The first-order valence-corrected chi connectivity index (χ1v) is 4.01. The maximum Gasteiger partial charge on any atom is 0.00163 e. The summed E-state index contributed by atoms with van der Waals surface area (Å²) in [5, 5.41) is 1.62. The first-order chi connectivity index (χ1) is 5.26. The summed E-state index contributed by atoms with van der Waals surface area (Å²) in [7, 11) is 0. The molecule has 0 spiro atoms. The highest BCUT2D eigenvalue weighted by Crippen LogP contribution is 2.11. The Kier molecular flexibility index (Phi) is 5.42. The Bertz CT molecular complexity index is 226. The van der Waals surface area contributed by atoms with Crippen LogP contribution in [0.25, 0.3) is 0 Å². The van der Waals surface area contributed by atoms with E-state index in [-0.39, 0.29) is 0 Å². The first kappa shape index (κ1) is 10.1. The van der Waals surface area contributed by atoms with E-state index < -0.39 is 0 Å². The van der Waals surface area contributed by atoms with Gasteiger partial charge in [-0.2, -0.15) is 0 Å². The highest BCUT2D eigenvalue weighted by atomic mass is 32.1. The molecular formula is C10H12S. The van der Waals surface area contributed by atoms with Gasteiger partial charge in [0.2, 0.25) is 0 Å². The number of rotatable bonds is 3. The van der Waals surface area contributed by atoms with Crippen molar-refractivity contribution in [1.82, 2.24) is 0 Å². The maximum atomic E-state index is 5.13. The Labute approximate surface area is 74.0 Å². The summed E-state index contributed by atoms with van der Waals surface area (Å²) < 4.78 is 0. The van der Waals surface area contributed by atoms with Gasteiger partial charge in [0.05, 0.1) is 0 Å². The van der Waals surface area contributed by atoms with E-state index in [0.29, 0.717) is 0 Å². The molecule has 0 saturated carbocycles. The van der Waals surface area contributed by atoms with E-state index in [0.717, 1.165) is 12.0 Å². The topological polar surface area (TPSA) is 0 Å². The third-order valence-corrected chi connectivity index (χ3v) is 1.59. The normalized spacial score (nSPS) is 12.5. The maximum absolute atomic E-state index is 5.13. The molecule has 0 heterocycles. The van der Waals surface area contributed by atoms with Crippen molar-refractivity contribution in [3.8, 4) is 12.3 Å². The smallest absolute Gasteiger partial charge is 0.00163 e. The lowest BCUT2D eigenvalue weighted by Crippen LogP contribution is -1.83. The van der Waals surface area contributed by atoms with Crippen LogP contribution >= 0.6 is 12.2 Å². The molecule has 1 heteroatoms. The molecule has 0 aromatic heterocycles. The zero-order valence-electron chi connectivity index (χ0n) is 6.92. The van der Waals surface area contributed by atoms with Crippen molar-refractivity contribution in [1.29, 1.82) is 0 Å². The van der Waals surface area contributed by atoms with Gasteiger partial charge < -0.3 is 0 Å². The monoisotopic (exact) mass is 164 g/mol. The summed E-state index contributed by atoms with van der Waals surface area (Å²) in [5.74, 6) is 2.49. The minimum absolute atomic E-state index is 0.969. The molecule has 0 aromatic rings. The number of allylic oxidation sites excluding steroid dienone is 4. The Morgan fingerprint density at radius 2 is 2.27 bits per heavy atom. The van der Waals surface area contributed by atoms with Gasteiger partial charge in [0.15, 0.2) is 0 Å². The summed E-state index contributed by atoms with van der Waals surface area (Å²) in [6, 6.07) is 0. The summed E-state index contributed by atoms with van der Waals surface area (Å²) in [6.45, 7) is 4.08. The lowest BCUT2D eigenvalue weighted by molar-refractivity contribution is 1.11. The second-order valence-electron chi connectivity index (χ2n) is 2.18. The van der Waals surface area contributed by atoms with E-state index in [1.807, 2.05) is 13.0 Å². The second kappa shape index (κ2) is 5.88. The van der Waals surface area contributed by atoms with Gasteiger partial charge in [0, 0.05) is 5.37 Å². The van der Waals surface area contributed by atoms with Crippen LogP contribution in [0.5, 0.6) is 0 Å². The average molecular weight is 164 g/mol. The van der Waals surface area contributed by atoms with Crippen molar-refractivity contribution < 1.29 is 0 Å². The largest absolute Gasteiger partial charge is 0.115 e. The van der Waals surface area contributed by atoms with Gasteiger partial charge in [0.25, 0.3) is 0 Å². The Morgan fingerprint density at radius 3 is 2.64 bits per heavy atom. The van der Waals surface area contributed by atoms with Crippen LogP contribution in [-0.2, 0) is 0 Å². The third-order valence-electron chi connectivity index (χ3n) is 1.46. The first-order valence-electron chi connectivity index (χ1n) is 3.53. The average Bonchev–Trinajstić information content (AvgIpc) is 2.00. The molecule has 0 N–H and O–H groups in total. The van der Waals surface area contributed by atoms with Crippen LogP contribution in [0.3, 0.4) is 0 Å². The van der Waals surface area contributed by atoms with E-state index in [2.05, 4.69) is 12.8 Å². The molecule has 0 aliphatic heterocycles. The van der Waals surface area contributed by atoms with Crippen molar-refractivity contribution in [2.45, 2.75) is 20.3 Å². The lowest BCUT2D eigenvalue weighted by Gasteiger charge is -2.00. The van der Waals surface area contributed by atoms with Crippen LogP contribution < -0.4 is 0 Å². The molecule has 0 nitrogen and oxygen atoms in total. The molecule has 0 fully saturated rings. The van der Waals surface area contributed by atoms with Gasteiger partial charge in [-0.1, -0.05) is 25.1 Å². The summed E-state index contributed by atoms with van der Waals surface area (Å²) in [5.41, 5.74) is 2.33. The minimum atomic E-state index is 0.969. The molecule has 0 saturated heterocycles. The third kappa shape index (κ3) is 3.75. The number of hydrogen-bond donors (Lipinski definition) is 0. The second-order valence-corrected chi connectivity index (χ2v) is 2.45. The SMILES string of the molecule is C#C/C=C(C)\C(=C/C=S)CC. The van der Waals surface area contributed by atoms with Gasteiger partial charge in [-0.3, -0.25) is 0 Å². The van der Waals surface area contributed by atoms with Gasteiger partial charge in [-0.15, -0.1) is 6.42 Å². The van der Waals surface area contributed by atoms with Crippen LogP contribution in [0.2, 0.25) is 0 Å². The zero-order chi connectivity index (χ0) is 8.69. The van der Waals surface area contributed by atoms with E-state index in [1.165, 1.54) is 5.57 Å². The van der Waals surface area contributed by atoms with Crippen LogP contribution in [0.15, 0.2) is 23.3 Å². The van der Waals surface area contributed by atoms with Crippen LogP contribution in [-0.4, -0.2) is 5.37 Å². The van der Waals surface area contributed by atoms with Crippen LogP contribution in [0, 0.1) is 12.3 Å². The molecule has 0 rings (SSSR count). The number of thiocarbonyl (C=S) groups is 1. The van der Waals surface area contributed by atoms with Crippen LogP contribution in [0.1, 0.15) is 20.3 Å². The van der Waals surface area contributed by atoms with Crippen molar-refractivity contribution in [2.24, 2.45) is 0 Å². The molecule has 0 aromatic carbocycles. The Balaban J connectivity index is 4.54. The predicted octanol–water partition coefficient (Wildman–Crippen LogP) is 2.90. The Morgan fingerprint density at radius 1 is 1.64 bits per heavy atom. The Hall–Kier alpha value is -0.870. The molecular weight excluding hydrogens is 152 g/mol. The summed E-state index contributed by atoms with van der Waals surface area (Å²) in [4.78, 5) is 0. The highest BCUT2D eigenvalue weighted by molar-refractivity contribution is 7.79. The van der Waals surface area contributed by atoms with Gasteiger partial charge in [0.1, 0.15) is 0 Å². The molecule has 11 heavy (non-hydrogen) atoms. The fourth-order valence-electron chi connectivity index (χ4n) is 0.828. The van der Waals surface area contributed by atoms with E-state index in [1.54, 1.807) is 11.4 Å². The van der Waals surface area contributed by atoms with E-state index in [4.69, 9.17) is 18.6 Å². The molecule has 0 bridgehead atoms. The molecule has 0 aliphatic rings. The van der Waals surface area contributed by atoms with Crippen molar-refractivity contribution in [2.75, 3.05) is 0 Å². The summed E-state index contributed by atoms with van der Waals surface area (Å²) >= 11 is 4.72.